The van der Waals surface area contributed by atoms with E-state index in [2.05, 4.69) is 20.0 Å². The molecule has 0 bridgehead atoms. The van der Waals surface area contributed by atoms with E-state index >= 15 is 0 Å². The number of carbonyl (C=O) groups excluding carboxylic acids is 1. The predicted molar refractivity (Wildman–Crippen MR) is 156 cm³/mol. The van der Waals surface area contributed by atoms with Gasteiger partial charge in [0.2, 0.25) is 10.0 Å². The lowest BCUT2D eigenvalue weighted by Gasteiger charge is -2.27. The number of imidazole rings is 1. The molecule has 0 saturated carbocycles. The highest BCUT2D eigenvalue weighted by atomic mass is 35.5. The molecule has 2 N–H and O–H groups in total. The molecule has 0 spiro atoms. The van der Waals surface area contributed by atoms with E-state index in [1.54, 1.807) is 23.6 Å². The summed E-state index contributed by atoms with van der Waals surface area (Å²) in [5.41, 5.74) is 5.35. The maximum Gasteiger partial charge on any atom is 0.410 e. The van der Waals surface area contributed by atoms with Crippen molar-refractivity contribution < 1.29 is 17.9 Å². The lowest BCUT2D eigenvalue weighted by atomic mass is 9.92. The summed E-state index contributed by atoms with van der Waals surface area (Å²) < 4.78 is 34.0. The number of halogens is 1. The molecule has 3 heterocycles. The molecule has 1 saturated heterocycles. The van der Waals surface area contributed by atoms with Crippen LogP contribution in [0.3, 0.4) is 0 Å². The Morgan fingerprint density at radius 2 is 1.95 bits per heavy atom. The quantitative estimate of drug-likeness (QED) is 0.468. The van der Waals surface area contributed by atoms with Crippen LogP contribution in [0, 0.1) is 0 Å². The molecular weight excluding hydrogens is 552 g/mol. The SMILES string of the molecule is CC(C)OC(=O)N1CCNCC1.Cn1cncc1C(NS(C)(=O)=O)C1=Cc2cccnc2Cc2ccc(Cl)cc21. The minimum absolute atomic E-state index is 0.0209. The number of ether oxygens (including phenoxy) is 1. The van der Waals surface area contributed by atoms with Gasteiger partial charge >= 0.3 is 6.09 Å². The van der Waals surface area contributed by atoms with Crippen LogP contribution in [0.15, 0.2) is 49.1 Å². The summed E-state index contributed by atoms with van der Waals surface area (Å²) in [5.74, 6) is 0. The number of nitrogens with zero attached hydrogens (tertiary/aromatic N) is 4. The number of fused-ring (bicyclic) bond motifs is 2. The minimum atomic E-state index is -3.50. The average molecular weight is 587 g/mol. The second-order valence-corrected chi connectivity index (χ2v) is 12.3. The zero-order chi connectivity index (χ0) is 28.9. The summed E-state index contributed by atoms with van der Waals surface area (Å²) in [6, 6.07) is 8.92. The Kier molecular flexibility index (Phi) is 9.62. The molecule has 1 aliphatic carbocycles. The zero-order valence-electron chi connectivity index (χ0n) is 23.1. The largest absolute Gasteiger partial charge is 0.447 e. The smallest absolute Gasteiger partial charge is 0.410 e. The van der Waals surface area contributed by atoms with Gasteiger partial charge in [-0.05, 0) is 60.4 Å². The van der Waals surface area contributed by atoms with Crippen molar-refractivity contribution in [1.82, 2.24) is 29.5 Å². The molecule has 1 aliphatic heterocycles. The highest BCUT2D eigenvalue weighted by molar-refractivity contribution is 7.88. The van der Waals surface area contributed by atoms with Gasteiger partial charge in [-0.3, -0.25) is 4.98 Å². The van der Waals surface area contributed by atoms with Crippen molar-refractivity contribution in [3.63, 3.8) is 0 Å². The highest BCUT2D eigenvalue weighted by Gasteiger charge is 2.28. The van der Waals surface area contributed by atoms with E-state index in [1.165, 1.54) is 0 Å². The van der Waals surface area contributed by atoms with Gasteiger partial charge in [-0.25, -0.2) is 22.9 Å². The standard InChI is InChI=1S/C20H19ClN4O2S.C8H16N2O2/c1-25-12-22-11-19(25)20(24-28(2,26)27)17-8-14-4-3-7-23-18(14)9-13-5-6-15(21)10-16(13)17;1-7(2)12-8(11)10-5-3-9-4-6-10/h3-8,10-12,20,24H,9H2,1-2H3;7,9H,3-6H2,1-2H3. The number of carbonyl (C=O) groups is 1. The summed E-state index contributed by atoms with van der Waals surface area (Å²) in [5, 5.41) is 3.76. The Morgan fingerprint density at radius 1 is 1.20 bits per heavy atom. The Bertz CT molecular complexity index is 1480. The first-order chi connectivity index (χ1) is 19.0. The van der Waals surface area contributed by atoms with Gasteiger partial charge in [-0.15, -0.1) is 0 Å². The third-order valence-corrected chi connectivity index (χ3v) is 7.38. The molecule has 1 aromatic carbocycles. The fourth-order valence-electron chi connectivity index (χ4n) is 4.63. The lowest BCUT2D eigenvalue weighted by Crippen LogP contribution is -2.47. The molecule has 2 aliphatic rings. The average Bonchev–Trinajstić information content (AvgIpc) is 3.26. The van der Waals surface area contributed by atoms with E-state index in [1.807, 2.05) is 61.9 Å². The van der Waals surface area contributed by atoms with Gasteiger partial charge in [0.05, 0.1) is 42.3 Å². The third kappa shape index (κ3) is 7.69. The number of aryl methyl sites for hydroxylation is 1. The topological polar surface area (TPSA) is 118 Å². The molecule has 1 fully saturated rings. The predicted octanol–water partition coefficient (Wildman–Crippen LogP) is 3.64. The van der Waals surface area contributed by atoms with Crippen molar-refractivity contribution in [2.45, 2.75) is 32.4 Å². The van der Waals surface area contributed by atoms with Crippen molar-refractivity contribution in [3.8, 4) is 0 Å². The number of hydrogen-bond acceptors (Lipinski definition) is 7. The maximum atomic E-state index is 12.2. The molecule has 10 nitrogen and oxygen atoms in total. The molecule has 0 radical (unpaired) electrons. The number of benzene rings is 1. The van der Waals surface area contributed by atoms with Crippen molar-refractivity contribution in [2.75, 3.05) is 32.4 Å². The number of pyridine rings is 1. The van der Waals surface area contributed by atoms with E-state index in [9.17, 15) is 13.2 Å². The lowest BCUT2D eigenvalue weighted by molar-refractivity contribution is 0.0732. The van der Waals surface area contributed by atoms with Crippen molar-refractivity contribution in [3.05, 3.63) is 82.2 Å². The first-order valence-electron chi connectivity index (χ1n) is 13.1. The van der Waals surface area contributed by atoms with Crippen LogP contribution in [0.5, 0.6) is 0 Å². The Morgan fingerprint density at radius 3 is 2.60 bits per heavy atom. The van der Waals surface area contributed by atoms with E-state index in [4.69, 9.17) is 16.3 Å². The molecule has 1 amide bonds. The van der Waals surface area contributed by atoms with Crippen LogP contribution in [0.4, 0.5) is 4.79 Å². The summed E-state index contributed by atoms with van der Waals surface area (Å²) in [6.45, 7) is 6.97. The van der Waals surface area contributed by atoms with Gasteiger partial charge in [-0.1, -0.05) is 23.7 Å². The molecule has 12 heteroatoms. The molecule has 2 aromatic heterocycles. The zero-order valence-corrected chi connectivity index (χ0v) is 24.7. The van der Waals surface area contributed by atoms with E-state index in [-0.39, 0.29) is 12.2 Å². The van der Waals surface area contributed by atoms with Crippen LogP contribution < -0.4 is 10.0 Å². The van der Waals surface area contributed by atoms with Gasteiger partial charge in [0.15, 0.2) is 0 Å². The highest BCUT2D eigenvalue weighted by Crippen LogP contribution is 2.38. The molecule has 5 rings (SSSR count). The van der Waals surface area contributed by atoms with Crippen LogP contribution in [0.2, 0.25) is 5.02 Å². The normalized spacial score (nSPS) is 15.7. The Balaban J connectivity index is 0.000000259. The van der Waals surface area contributed by atoms with Crippen LogP contribution in [0.25, 0.3) is 11.6 Å². The van der Waals surface area contributed by atoms with Gasteiger partial charge in [0, 0.05) is 50.9 Å². The van der Waals surface area contributed by atoms with E-state index < -0.39 is 16.1 Å². The first kappa shape index (κ1) is 29.7. The van der Waals surface area contributed by atoms with Gasteiger partial charge in [-0.2, -0.15) is 0 Å². The fraction of sp³-hybridized carbons (Fsp3) is 0.393. The second kappa shape index (κ2) is 12.9. The number of piperazine rings is 1. The Labute approximate surface area is 240 Å². The summed E-state index contributed by atoms with van der Waals surface area (Å²) in [4.78, 5) is 21.7. The number of nitrogens with one attached hydrogen (secondary N) is 2. The van der Waals surface area contributed by atoms with Crippen LogP contribution >= 0.6 is 11.6 Å². The summed E-state index contributed by atoms with van der Waals surface area (Å²) >= 11 is 6.30. The monoisotopic (exact) mass is 586 g/mol. The minimum Gasteiger partial charge on any atom is -0.447 e. The number of hydrogen-bond donors (Lipinski definition) is 2. The molecule has 3 aromatic rings. The third-order valence-electron chi connectivity index (χ3n) is 6.48. The van der Waals surface area contributed by atoms with Crippen molar-refractivity contribution in [2.24, 2.45) is 7.05 Å². The van der Waals surface area contributed by atoms with Gasteiger partial charge in [0.1, 0.15) is 0 Å². The van der Waals surface area contributed by atoms with Gasteiger partial charge in [0.25, 0.3) is 0 Å². The summed E-state index contributed by atoms with van der Waals surface area (Å²) in [6.07, 6.45) is 8.66. The van der Waals surface area contributed by atoms with Crippen LogP contribution in [-0.2, 0) is 28.2 Å². The fourth-order valence-corrected chi connectivity index (χ4v) is 5.48. The Hall–Kier alpha value is -3.25. The maximum absolute atomic E-state index is 12.2. The molecule has 1 atom stereocenters. The van der Waals surface area contributed by atoms with Gasteiger partial charge < -0.3 is 19.5 Å². The molecule has 40 heavy (non-hydrogen) atoms. The molecular formula is C28H35ClN6O4S. The van der Waals surface area contributed by atoms with Crippen molar-refractivity contribution in [1.29, 1.82) is 0 Å². The second-order valence-electron chi connectivity index (χ2n) is 10.0. The van der Waals surface area contributed by atoms with E-state index in [0.717, 1.165) is 66.1 Å². The number of rotatable bonds is 5. The molecule has 1 unspecified atom stereocenters. The van der Waals surface area contributed by atoms with Crippen LogP contribution in [-0.4, -0.2) is 72.5 Å². The van der Waals surface area contributed by atoms with Crippen LogP contribution in [0.1, 0.15) is 48.0 Å². The molecule has 214 valence electrons. The van der Waals surface area contributed by atoms with Crippen molar-refractivity contribution >= 4 is 39.4 Å². The summed E-state index contributed by atoms with van der Waals surface area (Å²) in [7, 11) is -1.66. The number of amides is 1. The number of sulfonamides is 1. The first-order valence-corrected chi connectivity index (χ1v) is 15.3. The number of aromatic nitrogens is 3. The van der Waals surface area contributed by atoms with E-state index in [0.29, 0.717) is 11.4 Å².